The topological polar surface area (TPSA) is 70.3 Å². The van der Waals surface area contributed by atoms with Gasteiger partial charge >= 0.3 is 0 Å². The molecule has 3 rings (SSSR count). The lowest BCUT2D eigenvalue weighted by Gasteiger charge is -1.99. The number of hydrogen-bond acceptors (Lipinski definition) is 3. The number of nitrogens with zero attached hydrogens (tertiary/aromatic N) is 4. The highest BCUT2D eigenvalue weighted by Crippen LogP contribution is 2.20. The SMILES string of the molecule is CCn1ncc(C=C(C#N)c2nc3ccccc3[nH]2)c1C. The Balaban J connectivity index is 2.07. The summed E-state index contributed by atoms with van der Waals surface area (Å²) in [6.07, 6.45) is 3.60. The highest BCUT2D eigenvalue weighted by atomic mass is 15.3. The van der Waals surface area contributed by atoms with Crippen LogP contribution in [0.5, 0.6) is 0 Å². The van der Waals surface area contributed by atoms with Gasteiger partial charge in [0.05, 0.1) is 22.8 Å². The minimum Gasteiger partial charge on any atom is -0.337 e. The van der Waals surface area contributed by atoms with Crippen LogP contribution >= 0.6 is 0 Å². The Morgan fingerprint density at radius 2 is 2.24 bits per heavy atom. The van der Waals surface area contributed by atoms with E-state index >= 15 is 0 Å². The van der Waals surface area contributed by atoms with Crippen LogP contribution in [0.1, 0.15) is 24.0 Å². The molecule has 104 valence electrons. The van der Waals surface area contributed by atoms with Crippen molar-refractivity contribution in [2.45, 2.75) is 20.4 Å². The molecule has 0 amide bonds. The van der Waals surface area contributed by atoms with Gasteiger partial charge in [-0.1, -0.05) is 12.1 Å². The van der Waals surface area contributed by atoms with E-state index in [1.54, 1.807) is 6.20 Å². The Morgan fingerprint density at radius 1 is 1.43 bits per heavy atom. The maximum atomic E-state index is 9.42. The van der Waals surface area contributed by atoms with Crippen LogP contribution in [0.3, 0.4) is 0 Å². The average Bonchev–Trinajstić information content (AvgIpc) is 3.08. The number of rotatable bonds is 3. The molecule has 2 heterocycles. The monoisotopic (exact) mass is 277 g/mol. The highest BCUT2D eigenvalue weighted by molar-refractivity contribution is 5.90. The van der Waals surface area contributed by atoms with Gasteiger partial charge in [0.1, 0.15) is 11.9 Å². The van der Waals surface area contributed by atoms with Crippen molar-refractivity contribution >= 4 is 22.7 Å². The van der Waals surface area contributed by atoms with Crippen LogP contribution in [-0.4, -0.2) is 19.7 Å². The second kappa shape index (κ2) is 5.25. The predicted molar refractivity (Wildman–Crippen MR) is 82.2 cm³/mol. The molecule has 3 aromatic rings. The van der Waals surface area contributed by atoms with Crippen molar-refractivity contribution in [3.63, 3.8) is 0 Å². The van der Waals surface area contributed by atoms with Gasteiger partial charge in [-0.25, -0.2) is 4.98 Å². The lowest BCUT2D eigenvalue weighted by atomic mass is 10.1. The summed E-state index contributed by atoms with van der Waals surface area (Å²) in [5, 5.41) is 13.7. The van der Waals surface area contributed by atoms with Gasteiger partial charge in [0.2, 0.25) is 0 Å². The number of H-pyrrole nitrogens is 1. The lowest BCUT2D eigenvalue weighted by Crippen LogP contribution is -1.98. The van der Waals surface area contributed by atoms with Crippen molar-refractivity contribution in [3.05, 3.63) is 47.5 Å². The highest BCUT2D eigenvalue weighted by Gasteiger charge is 2.10. The molecule has 0 spiro atoms. The fraction of sp³-hybridized carbons (Fsp3) is 0.188. The van der Waals surface area contributed by atoms with Crippen LogP contribution in [0.4, 0.5) is 0 Å². The van der Waals surface area contributed by atoms with E-state index in [0.717, 1.165) is 28.8 Å². The molecule has 0 aliphatic rings. The summed E-state index contributed by atoms with van der Waals surface area (Å²) in [5.74, 6) is 0.586. The number of aromatic nitrogens is 4. The van der Waals surface area contributed by atoms with Gasteiger partial charge in [0.25, 0.3) is 0 Å². The summed E-state index contributed by atoms with van der Waals surface area (Å²) >= 11 is 0. The molecule has 2 aromatic heterocycles. The molecule has 1 aromatic carbocycles. The van der Waals surface area contributed by atoms with E-state index in [-0.39, 0.29) is 0 Å². The Hall–Kier alpha value is -2.87. The number of imidazole rings is 1. The van der Waals surface area contributed by atoms with E-state index in [1.165, 1.54) is 0 Å². The maximum absolute atomic E-state index is 9.42. The molecular weight excluding hydrogens is 262 g/mol. The summed E-state index contributed by atoms with van der Waals surface area (Å²) in [7, 11) is 0. The predicted octanol–water partition coefficient (Wildman–Crippen LogP) is 3.15. The molecule has 5 nitrogen and oxygen atoms in total. The summed E-state index contributed by atoms with van der Waals surface area (Å²) in [5.41, 5.74) is 4.27. The molecule has 0 aliphatic heterocycles. The van der Waals surface area contributed by atoms with Crippen LogP contribution in [0.15, 0.2) is 30.5 Å². The van der Waals surface area contributed by atoms with Crippen molar-refractivity contribution in [2.24, 2.45) is 0 Å². The Morgan fingerprint density at radius 3 is 2.90 bits per heavy atom. The van der Waals surface area contributed by atoms with E-state index < -0.39 is 0 Å². The molecule has 0 saturated carbocycles. The number of para-hydroxylation sites is 2. The van der Waals surface area contributed by atoms with Gasteiger partial charge in [0.15, 0.2) is 0 Å². The summed E-state index contributed by atoms with van der Waals surface area (Å²) in [6, 6.07) is 9.95. The van der Waals surface area contributed by atoms with Gasteiger partial charge in [-0.2, -0.15) is 10.4 Å². The quantitative estimate of drug-likeness (QED) is 0.747. The third kappa shape index (κ3) is 2.32. The van der Waals surface area contributed by atoms with Crippen LogP contribution < -0.4 is 0 Å². The van der Waals surface area contributed by atoms with Crippen molar-refractivity contribution in [3.8, 4) is 6.07 Å². The smallest absolute Gasteiger partial charge is 0.149 e. The largest absolute Gasteiger partial charge is 0.337 e. The molecule has 0 unspecified atom stereocenters. The van der Waals surface area contributed by atoms with E-state index in [1.807, 2.05) is 48.9 Å². The van der Waals surface area contributed by atoms with Crippen molar-refractivity contribution in [2.75, 3.05) is 0 Å². The first kappa shape index (κ1) is 13.1. The number of aromatic amines is 1. The standard InChI is InChI=1S/C16H15N5/c1-3-21-11(2)13(10-18-21)8-12(9-17)16-19-14-6-4-5-7-15(14)20-16/h4-8,10H,3H2,1-2H3,(H,19,20). The number of aryl methyl sites for hydroxylation is 1. The van der Waals surface area contributed by atoms with Gasteiger partial charge in [0, 0.05) is 17.8 Å². The fourth-order valence-electron chi connectivity index (χ4n) is 2.31. The van der Waals surface area contributed by atoms with Crippen molar-refractivity contribution in [1.82, 2.24) is 19.7 Å². The second-order valence-electron chi connectivity index (χ2n) is 4.77. The molecule has 0 radical (unpaired) electrons. The number of nitrogens with one attached hydrogen (secondary N) is 1. The van der Waals surface area contributed by atoms with Crippen LogP contribution in [-0.2, 0) is 6.54 Å². The van der Waals surface area contributed by atoms with Crippen LogP contribution in [0, 0.1) is 18.3 Å². The van der Waals surface area contributed by atoms with E-state index in [2.05, 4.69) is 21.1 Å². The first-order chi connectivity index (χ1) is 10.2. The third-order valence-corrected chi connectivity index (χ3v) is 3.51. The number of allylic oxidation sites excluding steroid dienone is 1. The van der Waals surface area contributed by atoms with Gasteiger partial charge in [-0.05, 0) is 32.1 Å². The maximum Gasteiger partial charge on any atom is 0.149 e. The minimum atomic E-state index is 0.505. The minimum absolute atomic E-state index is 0.505. The first-order valence-electron chi connectivity index (χ1n) is 6.82. The van der Waals surface area contributed by atoms with Crippen molar-refractivity contribution in [1.29, 1.82) is 5.26 Å². The molecular formula is C16H15N5. The van der Waals surface area contributed by atoms with E-state index in [9.17, 15) is 5.26 Å². The molecule has 0 fully saturated rings. The van der Waals surface area contributed by atoms with E-state index in [0.29, 0.717) is 11.4 Å². The van der Waals surface area contributed by atoms with Crippen molar-refractivity contribution < 1.29 is 0 Å². The zero-order valence-corrected chi connectivity index (χ0v) is 12.0. The fourth-order valence-corrected chi connectivity index (χ4v) is 2.31. The number of benzene rings is 1. The molecule has 0 atom stereocenters. The Kier molecular flexibility index (Phi) is 3.28. The summed E-state index contributed by atoms with van der Waals surface area (Å²) < 4.78 is 1.90. The van der Waals surface area contributed by atoms with Crippen LogP contribution in [0.25, 0.3) is 22.7 Å². The van der Waals surface area contributed by atoms with Gasteiger partial charge in [-0.3, -0.25) is 4.68 Å². The number of fused-ring (bicyclic) bond motifs is 1. The average molecular weight is 277 g/mol. The second-order valence-corrected chi connectivity index (χ2v) is 4.77. The Labute approximate surface area is 122 Å². The zero-order valence-electron chi connectivity index (χ0n) is 12.0. The summed E-state index contributed by atoms with van der Waals surface area (Å²) in [4.78, 5) is 7.64. The van der Waals surface area contributed by atoms with E-state index in [4.69, 9.17) is 0 Å². The van der Waals surface area contributed by atoms with Gasteiger partial charge in [-0.15, -0.1) is 0 Å². The number of nitriles is 1. The molecule has 5 heteroatoms. The molecule has 0 saturated heterocycles. The molecule has 0 aliphatic carbocycles. The lowest BCUT2D eigenvalue weighted by molar-refractivity contribution is 0.639. The normalized spacial score (nSPS) is 11.8. The molecule has 21 heavy (non-hydrogen) atoms. The molecule has 1 N–H and O–H groups in total. The van der Waals surface area contributed by atoms with Crippen LogP contribution in [0.2, 0.25) is 0 Å². The third-order valence-electron chi connectivity index (χ3n) is 3.51. The number of hydrogen-bond donors (Lipinski definition) is 1. The zero-order chi connectivity index (χ0) is 14.8. The molecule has 0 bridgehead atoms. The van der Waals surface area contributed by atoms with Gasteiger partial charge < -0.3 is 4.98 Å². The summed E-state index contributed by atoms with van der Waals surface area (Å²) in [6.45, 7) is 4.85. The first-order valence-corrected chi connectivity index (χ1v) is 6.82. The Bertz CT molecular complexity index is 827.